The van der Waals surface area contributed by atoms with E-state index in [9.17, 15) is 9.90 Å². The van der Waals surface area contributed by atoms with Gasteiger partial charge in [0.2, 0.25) is 0 Å². The number of nitrogens with one attached hydrogen (secondary N) is 2. The third-order valence-corrected chi connectivity index (χ3v) is 10.6. The lowest BCUT2D eigenvalue weighted by molar-refractivity contribution is 0.0326. The van der Waals surface area contributed by atoms with Crippen LogP contribution in [0.3, 0.4) is 0 Å². The van der Waals surface area contributed by atoms with Gasteiger partial charge in [-0.3, -0.25) is 4.79 Å². The number of hydrogen-bond acceptors (Lipinski definition) is 6. The summed E-state index contributed by atoms with van der Waals surface area (Å²) < 4.78 is 6.66. The minimum absolute atomic E-state index is 0.0705. The highest BCUT2D eigenvalue weighted by Gasteiger charge is 2.43. The number of aromatic nitrogens is 1. The first-order chi connectivity index (χ1) is 23.4. The molecule has 3 atom stereocenters. The second-order valence-electron chi connectivity index (χ2n) is 14.0. The third-order valence-electron chi connectivity index (χ3n) is 10.6. The number of carbonyl (C=O) groups excluding carboxylic acids is 1. The highest BCUT2D eigenvalue weighted by atomic mass is 16.5. The van der Waals surface area contributed by atoms with Crippen LogP contribution >= 0.6 is 0 Å². The molecule has 0 bridgehead atoms. The molecule has 7 rings (SSSR count). The van der Waals surface area contributed by atoms with Gasteiger partial charge in [0.1, 0.15) is 17.2 Å². The molecule has 3 aromatic carbocycles. The van der Waals surface area contributed by atoms with Crippen molar-refractivity contribution in [2.45, 2.75) is 95.5 Å². The van der Waals surface area contributed by atoms with E-state index in [2.05, 4.69) is 64.9 Å². The highest BCUT2D eigenvalue weighted by Crippen LogP contribution is 2.47. The van der Waals surface area contributed by atoms with Gasteiger partial charge in [0, 0.05) is 48.9 Å². The van der Waals surface area contributed by atoms with Crippen molar-refractivity contribution in [3.05, 3.63) is 124 Å². The van der Waals surface area contributed by atoms with Crippen molar-refractivity contribution in [1.82, 2.24) is 15.6 Å². The average molecular weight is 645 g/mol. The summed E-state index contributed by atoms with van der Waals surface area (Å²) >= 11 is 0. The molecule has 0 unspecified atom stereocenters. The number of aryl methyl sites for hydroxylation is 2. The van der Waals surface area contributed by atoms with E-state index in [1.54, 1.807) is 0 Å². The van der Waals surface area contributed by atoms with Gasteiger partial charge in [-0.05, 0) is 92.3 Å². The van der Waals surface area contributed by atoms with Crippen LogP contribution in [0.25, 0.3) is 0 Å². The van der Waals surface area contributed by atoms with E-state index in [4.69, 9.17) is 9.72 Å². The molecule has 3 heterocycles. The Morgan fingerprint density at radius 1 is 1.00 bits per heavy atom. The first-order valence-electron chi connectivity index (χ1n) is 17.8. The molecule has 0 saturated heterocycles. The van der Waals surface area contributed by atoms with Gasteiger partial charge >= 0.3 is 0 Å². The molecule has 1 saturated carbocycles. The van der Waals surface area contributed by atoms with E-state index in [-0.39, 0.29) is 17.6 Å². The predicted octanol–water partition coefficient (Wildman–Crippen LogP) is 6.64. The van der Waals surface area contributed by atoms with E-state index >= 15 is 0 Å². The summed E-state index contributed by atoms with van der Waals surface area (Å²) in [7, 11) is 0. The minimum atomic E-state index is -0.810. The first-order valence-corrected chi connectivity index (χ1v) is 17.8. The van der Waals surface area contributed by atoms with Crippen LogP contribution in [0.1, 0.15) is 88.9 Å². The summed E-state index contributed by atoms with van der Waals surface area (Å²) in [5.41, 5.74) is 7.40. The summed E-state index contributed by atoms with van der Waals surface area (Å²) in [4.78, 5) is 21.0. The number of pyridine rings is 1. The normalized spacial score (nSPS) is 19.2. The predicted molar refractivity (Wildman–Crippen MR) is 191 cm³/mol. The van der Waals surface area contributed by atoms with Gasteiger partial charge in [0.25, 0.3) is 5.91 Å². The molecule has 3 aliphatic rings. The number of fused-ring (bicyclic) bond motifs is 2. The molecule has 2 aliphatic heterocycles. The van der Waals surface area contributed by atoms with Gasteiger partial charge in [0.15, 0.2) is 0 Å². The van der Waals surface area contributed by atoms with Crippen LogP contribution in [0.2, 0.25) is 0 Å². The van der Waals surface area contributed by atoms with Crippen molar-refractivity contribution in [3.63, 3.8) is 0 Å². The first kappa shape index (κ1) is 32.4. The van der Waals surface area contributed by atoms with Gasteiger partial charge in [-0.1, -0.05) is 73.7 Å². The number of nitrogens with zero attached hydrogens (tertiary/aromatic N) is 2. The quantitative estimate of drug-likeness (QED) is 0.179. The van der Waals surface area contributed by atoms with Crippen LogP contribution < -0.4 is 20.3 Å². The Morgan fingerprint density at radius 2 is 1.77 bits per heavy atom. The van der Waals surface area contributed by atoms with Crippen LogP contribution in [-0.4, -0.2) is 46.8 Å². The van der Waals surface area contributed by atoms with Gasteiger partial charge < -0.3 is 25.4 Å². The number of aliphatic hydroxyl groups is 1. The van der Waals surface area contributed by atoms with Gasteiger partial charge in [-0.25, -0.2) is 4.98 Å². The number of hydrogen-bond donors (Lipinski definition) is 3. The van der Waals surface area contributed by atoms with Crippen molar-refractivity contribution in [2.75, 3.05) is 18.0 Å². The minimum Gasteiger partial charge on any atom is -0.487 e. The summed E-state index contributed by atoms with van der Waals surface area (Å²) in [5.74, 6) is 1.57. The molecule has 7 nitrogen and oxygen atoms in total. The molecule has 1 aliphatic carbocycles. The average Bonchev–Trinajstić information content (AvgIpc) is 3.56. The maximum Gasteiger partial charge on any atom is 0.251 e. The van der Waals surface area contributed by atoms with Gasteiger partial charge in [0.05, 0.1) is 12.1 Å². The zero-order valence-corrected chi connectivity index (χ0v) is 28.3. The summed E-state index contributed by atoms with van der Waals surface area (Å²) in [6.45, 7) is 6.08. The molecule has 1 amide bonds. The van der Waals surface area contributed by atoms with Gasteiger partial charge in [-0.2, -0.15) is 0 Å². The topological polar surface area (TPSA) is 86.7 Å². The molecular weight excluding hydrogens is 596 g/mol. The Kier molecular flexibility index (Phi) is 9.51. The molecule has 1 spiro atoms. The maximum absolute atomic E-state index is 13.9. The number of amides is 1. The number of ether oxygens (including phenoxy) is 1. The molecular formula is C41H48N4O3. The lowest BCUT2D eigenvalue weighted by Gasteiger charge is -2.41. The molecule has 48 heavy (non-hydrogen) atoms. The van der Waals surface area contributed by atoms with Crippen molar-refractivity contribution >= 4 is 11.7 Å². The molecule has 4 aromatic rings. The molecule has 250 valence electrons. The van der Waals surface area contributed by atoms with Crippen molar-refractivity contribution in [3.8, 4) is 5.75 Å². The Labute approximate surface area is 284 Å². The zero-order valence-electron chi connectivity index (χ0n) is 28.3. The SMILES string of the molecule is CCc1ccc2c(c1)[C@@H](NC[C@H](O)[C@H](Cc1ccccc1)NC(=O)c1cc(C)nc(N3CCc4ccccc4C3)c1)CC1(CCCC1)O2. The Hall–Kier alpha value is -4.20. The fourth-order valence-electron chi connectivity index (χ4n) is 7.89. The van der Waals surface area contributed by atoms with Crippen LogP contribution in [0.5, 0.6) is 5.75 Å². The monoisotopic (exact) mass is 644 g/mol. The maximum atomic E-state index is 13.9. The van der Waals surface area contributed by atoms with Crippen LogP contribution in [-0.2, 0) is 25.8 Å². The molecule has 3 N–H and O–H groups in total. The zero-order chi connectivity index (χ0) is 33.1. The second-order valence-corrected chi connectivity index (χ2v) is 14.0. The number of aliphatic hydroxyl groups excluding tert-OH is 1. The summed E-state index contributed by atoms with van der Waals surface area (Å²) in [5, 5.41) is 18.7. The molecule has 0 radical (unpaired) electrons. The standard InChI is InChI=1S/C41H48N4O3/c1-3-29-15-16-38-34(22-29)36(25-41(48-38)18-9-10-19-41)42-26-37(46)35(23-30-11-5-4-6-12-30)44-40(47)33-21-28(2)43-39(24-33)45-20-17-31-13-7-8-14-32(31)27-45/h4-8,11-16,21-22,24,35-37,42,46H,3,9-10,17-20,23,25-27H2,1-2H3,(H,44,47)/t35-,36-,37-/m0/s1. The number of rotatable bonds is 10. The molecule has 7 heteroatoms. The Morgan fingerprint density at radius 3 is 2.56 bits per heavy atom. The fraction of sp³-hybridized carbons (Fsp3) is 0.415. The third kappa shape index (κ3) is 7.13. The lowest BCUT2D eigenvalue weighted by Crippen LogP contribution is -2.50. The second kappa shape index (κ2) is 14.1. The smallest absolute Gasteiger partial charge is 0.251 e. The van der Waals surface area contributed by atoms with Crippen LogP contribution in [0.4, 0.5) is 5.82 Å². The number of benzene rings is 3. The van der Waals surface area contributed by atoms with Crippen molar-refractivity contribution in [1.29, 1.82) is 0 Å². The summed E-state index contributed by atoms with van der Waals surface area (Å²) in [6, 6.07) is 28.5. The Bertz CT molecular complexity index is 1740. The van der Waals surface area contributed by atoms with E-state index in [0.717, 1.165) is 68.0 Å². The van der Waals surface area contributed by atoms with E-state index in [1.165, 1.54) is 35.1 Å². The van der Waals surface area contributed by atoms with E-state index < -0.39 is 12.1 Å². The van der Waals surface area contributed by atoms with E-state index in [0.29, 0.717) is 18.5 Å². The molecule has 1 aromatic heterocycles. The number of carbonyl (C=O) groups is 1. The largest absolute Gasteiger partial charge is 0.487 e. The van der Waals surface area contributed by atoms with Crippen molar-refractivity contribution < 1.29 is 14.6 Å². The number of anilines is 1. The Balaban J connectivity index is 1.09. The highest BCUT2D eigenvalue weighted by molar-refractivity contribution is 5.95. The van der Waals surface area contributed by atoms with Crippen LogP contribution in [0, 0.1) is 6.92 Å². The molecule has 1 fully saturated rings. The fourth-order valence-corrected chi connectivity index (χ4v) is 7.89. The summed E-state index contributed by atoms with van der Waals surface area (Å²) in [6.07, 6.45) is 6.99. The van der Waals surface area contributed by atoms with Crippen LogP contribution in [0.15, 0.2) is 84.9 Å². The lowest BCUT2D eigenvalue weighted by atomic mass is 9.85. The van der Waals surface area contributed by atoms with Crippen molar-refractivity contribution in [2.24, 2.45) is 0 Å². The van der Waals surface area contributed by atoms with Gasteiger partial charge in [-0.15, -0.1) is 0 Å². The van der Waals surface area contributed by atoms with E-state index in [1.807, 2.05) is 49.4 Å².